The number of carbonyl (C=O) groups excluding carboxylic acids is 1. The molecule has 2 aromatic rings. The highest BCUT2D eigenvalue weighted by Crippen LogP contribution is 2.28. The summed E-state index contributed by atoms with van der Waals surface area (Å²) in [4.78, 5) is 18.3. The predicted octanol–water partition coefficient (Wildman–Crippen LogP) is 2.84. The summed E-state index contributed by atoms with van der Waals surface area (Å²) in [5.41, 5.74) is 1.72. The molecule has 6 nitrogen and oxygen atoms in total. The van der Waals surface area contributed by atoms with Crippen LogP contribution in [0.1, 0.15) is 17.7 Å². The number of anilines is 1. The number of benzene rings is 1. The van der Waals surface area contributed by atoms with Crippen molar-refractivity contribution in [2.75, 3.05) is 33.2 Å². The Labute approximate surface area is 148 Å². The second kappa shape index (κ2) is 8.92. The first-order valence-corrected chi connectivity index (χ1v) is 8.03. The highest BCUT2D eigenvalue weighted by molar-refractivity contribution is 5.69. The molecule has 0 N–H and O–H groups in total. The highest BCUT2D eigenvalue weighted by atomic mass is 16.5. The largest absolute Gasteiger partial charge is 0.493 e. The van der Waals surface area contributed by atoms with Gasteiger partial charge in [-0.25, -0.2) is 4.98 Å². The first kappa shape index (κ1) is 18.6. The number of aryl methyl sites for hydroxylation is 1. The van der Waals surface area contributed by atoms with Gasteiger partial charge < -0.3 is 19.1 Å². The van der Waals surface area contributed by atoms with E-state index in [1.54, 1.807) is 14.2 Å². The van der Waals surface area contributed by atoms with Gasteiger partial charge in [-0.1, -0.05) is 12.1 Å². The molecule has 6 heteroatoms. The second-order valence-corrected chi connectivity index (χ2v) is 5.73. The number of carbonyl (C=O) groups is 1. The number of aromatic nitrogens is 1. The lowest BCUT2D eigenvalue weighted by molar-refractivity contribution is -0.145. The van der Waals surface area contributed by atoms with E-state index < -0.39 is 0 Å². The molecule has 25 heavy (non-hydrogen) atoms. The molecule has 0 atom stereocenters. The van der Waals surface area contributed by atoms with E-state index in [2.05, 4.69) is 4.98 Å². The Bertz CT molecular complexity index is 716. The smallest absolute Gasteiger partial charge is 0.306 e. The van der Waals surface area contributed by atoms with E-state index in [-0.39, 0.29) is 12.6 Å². The fourth-order valence-electron chi connectivity index (χ4n) is 2.31. The fraction of sp³-hybridized carbons (Fsp3) is 0.368. The summed E-state index contributed by atoms with van der Waals surface area (Å²) in [6.45, 7) is 0.173. The van der Waals surface area contributed by atoms with Gasteiger partial charge in [-0.2, -0.15) is 0 Å². The number of hydrogen-bond donors (Lipinski definition) is 0. The lowest BCUT2D eigenvalue weighted by Crippen LogP contribution is -2.12. The van der Waals surface area contributed by atoms with Crippen LogP contribution < -0.4 is 14.4 Å². The fourth-order valence-corrected chi connectivity index (χ4v) is 2.31. The average Bonchev–Trinajstić information content (AvgIpc) is 2.64. The molecule has 1 aromatic heterocycles. The van der Waals surface area contributed by atoms with E-state index in [9.17, 15) is 4.79 Å². The van der Waals surface area contributed by atoms with Gasteiger partial charge in [0.1, 0.15) is 12.4 Å². The number of hydrogen-bond acceptors (Lipinski definition) is 6. The molecule has 2 rings (SSSR count). The molecule has 1 aromatic carbocycles. The van der Waals surface area contributed by atoms with Gasteiger partial charge in [-0.3, -0.25) is 4.79 Å². The average molecular weight is 344 g/mol. The number of ether oxygens (including phenoxy) is 3. The normalized spacial score (nSPS) is 10.2. The molecule has 0 aliphatic heterocycles. The van der Waals surface area contributed by atoms with Crippen molar-refractivity contribution < 1.29 is 19.0 Å². The summed E-state index contributed by atoms with van der Waals surface area (Å²) in [5.74, 6) is 1.89. The van der Waals surface area contributed by atoms with Crippen LogP contribution in [0.15, 0.2) is 36.4 Å². The Morgan fingerprint density at radius 1 is 1.08 bits per heavy atom. The Morgan fingerprint density at radius 3 is 2.52 bits per heavy atom. The molecule has 0 spiro atoms. The van der Waals surface area contributed by atoms with Crippen LogP contribution in [-0.4, -0.2) is 39.3 Å². The summed E-state index contributed by atoms with van der Waals surface area (Å²) in [6, 6.07) is 11.3. The van der Waals surface area contributed by atoms with Gasteiger partial charge in [0.2, 0.25) is 0 Å². The van der Waals surface area contributed by atoms with E-state index in [1.165, 1.54) is 0 Å². The topological polar surface area (TPSA) is 60.9 Å². The van der Waals surface area contributed by atoms with Crippen molar-refractivity contribution in [3.63, 3.8) is 0 Å². The third-order valence-electron chi connectivity index (χ3n) is 3.70. The molecule has 0 bridgehead atoms. The summed E-state index contributed by atoms with van der Waals surface area (Å²) < 4.78 is 15.8. The Kier molecular flexibility index (Phi) is 6.62. The maximum Gasteiger partial charge on any atom is 0.306 e. The van der Waals surface area contributed by atoms with Crippen LogP contribution in [-0.2, 0) is 22.6 Å². The van der Waals surface area contributed by atoms with E-state index in [0.29, 0.717) is 24.3 Å². The minimum Gasteiger partial charge on any atom is -0.493 e. The lowest BCUT2D eigenvalue weighted by atomic mass is 10.1. The maximum atomic E-state index is 12.0. The lowest BCUT2D eigenvalue weighted by Gasteiger charge is -2.12. The van der Waals surface area contributed by atoms with Crippen LogP contribution in [0.3, 0.4) is 0 Å². The molecular formula is C19H24N2O4. The van der Waals surface area contributed by atoms with Crippen LogP contribution in [0.2, 0.25) is 0 Å². The number of pyridine rings is 1. The van der Waals surface area contributed by atoms with Crippen molar-refractivity contribution in [3.05, 3.63) is 47.7 Å². The highest BCUT2D eigenvalue weighted by Gasteiger charge is 2.09. The van der Waals surface area contributed by atoms with E-state index >= 15 is 0 Å². The summed E-state index contributed by atoms with van der Waals surface area (Å²) in [6.07, 6.45) is 0.868. The minimum absolute atomic E-state index is 0.173. The van der Waals surface area contributed by atoms with E-state index in [4.69, 9.17) is 14.2 Å². The second-order valence-electron chi connectivity index (χ2n) is 5.73. The standard InChI is InChI=1S/C19H24N2O4/c1-21(2)18-7-5-6-15(20-18)13-25-19(22)11-9-14-8-10-16(23-3)17(12-14)24-4/h5-8,10,12H,9,11,13H2,1-4H3. The van der Waals surface area contributed by atoms with Crippen LogP contribution in [0, 0.1) is 0 Å². The Balaban J connectivity index is 1.86. The number of methoxy groups -OCH3 is 2. The van der Waals surface area contributed by atoms with Gasteiger partial charge in [0, 0.05) is 20.5 Å². The summed E-state index contributed by atoms with van der Waals surface area (Å²) in [5, 5.41) is 0. The molecule has 134 valence electrons. The van der Waals surface area contributed by atoms with E-state index in [1.807, 2.05) is 55.4 Å². The monoisotopic (exact) mass is 344 g/mol. The minimum atomic E-state index is -0.258. The first-order valence-electron chi connectivity index (χ1n) is 8.03. The zero-order valence-electron chi connectivity index (χ0n) is 15.1. The third-order valence-corrected chi connectivity index (χ3v) is 3.70. The summed E-state index contributed by atoms with van der Waals surface area (Å²) >= 11 is 0. The molecule has 0 unspecified atom stereocenters. The van der Waals surface area contributed by atoms with Crippen LogP contribution in [0.4, 0.5) is 5.82 Å². The van der Waals surface area contributed by atoms with Gasteiger partial charge in [-0.15, -0.1) is 0 Å². The van der Waals surface area contributed by atoms with Gasteiger partial charge in [0.05, 0.1) is 19.9 Å². The van der Waals surface area contributed by atoms with Crippen molar-refractivity contribution in [1.82, 2.24) is 4.98 Å². The van der Waals surface area contributed by atoms with Gasteiger partial charge in [0.25, 0.3) is 0 Å². The van der Waals surface area contributed by atoms with E-state index in [0.717, 1.165) is 17.1 Å². The maximum absolute atomic E-state index is 12.0. The Morgan fingerprint density at radius 2 is 1.84 bits per heavy atom. The van der Waals surface area contributed by atoms with Gasteiger partial charge >= 0.3 is 5.97 Å². The number of nitrogens with zero attached hydrogens (tertiary/aromatic N) is 2. The third kappa shape index (κ3) is 5.38. The number of rotatable bonds is 8. The van der Waals surface area contributed by atoms with Crippen molar-refractivity contribution >= 4 is 11.8 Å². The predicted molar refractivity (Wildman–Crippen MR) is 96.2 cm³/mol. The molecule has 0 saturated heterocycles. The zero-order valence-corrected chi connectivity index (χ0v) is 15.1. The van der Waals surface area contributed by atoms with Crippen molar-refractivity contribution in [1.29, 1.82) is 0 Å². The molecular weight excluding hydrogens is 320 g/mol. The first-order chi connectivity index (χ1) is 12.0. The quantitative estimate of drug-likeness (QED) is 0.686. The molecule has 0 radical (unpaired) electrons. The van der Waals surface area contributed by atoms with Crippen molar-refractivity contribution in [2.24, 2.45) is 0 Å². The van der Waals surface area contributed by atoms with Crippen LogP contribution >= 0.6 is 0 Å². The van der Waals surface area contributed by atoms with Gasteiger partial charge in [-0.05, 0) is 36.2 Å². The molecule has 0 fully saturated rings. The Hall–Kier alpha value is -2.76. The molecule has 0 aliphatic carbocycles. The van der Waals surface area contributed by atoms with Crippen LogP contribution in [0.25, 0.3) is 0 Å². The number of esters is 1. The molecule has 0 amide bonds. The zero-order chi connectivity index (χ0) is 18.2. The molecule has 0 saturated carbocycles. The summed E-state index contributed by atoms with van der Waals surface area (Å²) in [7, 11) is 7.02. The van der Waals surface area contributed by atoms with Crippen LogP contribution in [0.5, 0.6) is 11.5 Å². The van der Waals surface area contributed by atoms with Crippen molar-refractivity contribution in [3.8, 4) is 11.5 Å². The SMILES string of the molecule is COc1ccc(CCC(=O)OCc2cccc(N(C)C)n2)cc1OC. The van der Waals surface area contributed by atoms with Gasteiger partial charge in [0.15, 0.2) is 11.5 Å². The molecule has 1 heterocycles. The molecule has 0 aliphatic rings. The van der Waals surface area contributed by atoms with Crippen molar-refractivity contribution in [2.45, 2.75) is 19.4 Å².